The highest BCUT2D eigenvalue weighted by Gasteiger charge is 2.18. The Morgan fingerprint density at radius 3 is 2.81 bits per heavy atom. The molecule has 0 heterocycles. The lowest BCUT2D eigenvalue weighted by Crippen LogP contribution is -2.26. The minimum Gasteiger partial charge on any atom is -0.316 e. The number of rotatable bonds is 5. The zero-order valence-electron chi connectivity index (χ0n) is 10.0. The molecule has 0 aliphatic rings. The minimum atomic E-state index is -0.432. The number of Topliss-reactive ketones (excluding diaryl/α,β-unsaturated/α-hetero) is 1. The Bertz CT molecular complexity index is 376. The summed E-state index contributed by atoms with van der Waals surface area (Å²) in [5.41, 5.74) is 1.10. The highest BCUT2D eigenvalue weighted by molar-refractivity contribution is 5.98. The van der Waals surface area contributed by atoms with Gasteiger partial charge in [0.2, 0.25) is 0 Å². The van der Waals surface area contributed by atoms with Crippen LogP contribution in [0.25, 0.3) is 0 Å². The van der Waals surface area contributed by atoms with Gasteiger partial charge in [-0.25, -0.2) is 4.39 Å². The Morgan fingerprint density at radius 2 is 2.19 bits per heavy atom. The highest BCUT2D eigenvalue weighted by atomic mass is 19.1. The summed E-state index contributed by atoms with van der Waals surface area (Å²) < 4.78 is 13.5. The molecule has 0 spiro atoms. The Morgan fingerprint density at radius 1 is 1.50 bits per heavy atom. The van der Waals surface area contributed by atoms with Gasteiger partial charge in [0.1, 0.15) is 5.82 Å². The van der Waals surface area contributed by atoms with E-state index in [0.717, 1.165) is 12.1 Å². The fourth-order valence-electron chi connectivity index (χ4n) is 1.55. The lowest BCUT2D eigenvalue weighted by atomic mass is 9.97. The van der Waals surface area contributed by atoms with E-state index < -0.39 is 5.82 Å². The number of aryl methyl sites for hydroxylation is 1. The Balaban J connectivity index is 2.83. The van der Waals surface area contributed by atoms with Crippen LogP contribution in [-0.2, 0) is 0 Å². The van der Waals surface area contributed by atoms with Gasteiger partial charge in [-0.15, -0.1) is 0 Å². The van der Waals surface area contributed by atoms with Crippen LogP contribution in [0, 0.1) is 18.7 Å². The molecule has 0 saturated carbocycles. The average molecular weight is 223 g/mol. The van der Waals surface area contributed by atoms with Crippen molar-refractivity contribution < 1.29 is 9.18 Å². The van der Waals surface area contributed by atoms with Gasteiger partial charge in [0.05, 0.1) is 5.56 Å². The van der Waals surface area contributed by atoms with Crippen LogP contribution < -0.4 is 5.32 Å². The standard InChI is InChI=1S/C13H18FNO/c1-4-15-8-10(3)13(16)11-7-9(2)5-6-12(11)14/h5-7,10,15H,4,8H2,1-3H3. The summed E-state index contributed by atoms with van der Waals surface area (Å²) in [6.45, 7) is 7.04. The first-order valence-corrected chi connectivity index (χ1v) is 5.57. The molecule has 1 atom stereocenters. The van der Waals surface area contributed by atoms with Crippen molar-refractivity contribution in [3.63, 3.8) is 0 Å². The van der Waals surface area contributed by atoms with E-state index in [4.69, 9.17) is 0 Å². The van der Waals surface area contributed by atoms with Gasteiger partial charge in [-0.05, 0) is 25.6 Å². The first-order valence-electron chi connectivity index (χ1n) is 5.57. The molecule has 3 heteroatoms. The van der Waals surface area contributed by atoms with Crippen LogP contribution >= 0.6 is 0 Å². The maximum absolute atomic E-state index is 13.5. The summed E-state index contributed by atoms with van der Waals surface area (Å²) in [4.78, 5) is 11.9. The summed E-state index contributed by atoms with van der Waals surface area (Å²) in [6.07, 6.45) is 0. The van der Waals surface area contributed by atoms with Crippen molar-refractivity contribution in [2.75, 3.05) is 13.1 Å². The van der Waals surface area contributed by atoms with E-state index in [0.29, 0.717) is 6.54 Å². The summed E-state index contributed by atoms with van der Waals surface area (Å²) >= 11 is 0. The zero-order valence-corrected chi connectivity index (χ0v) is 10.0. The van der Waals surface area contributed by atoms with Crippen molar-refractivity contribution in [1.29, 1.82) is 0 Å². The molecule has 1 unspecified atom stereocenters. The molecular formula is C13H18FNO. The first-order chi connectivity index (χ1) is 7.56. The molecule has 0 amide bonds. The van der Waals surface area contributed by atoms with Crippen molar-refractivity contribution in [1.82, 2.24) is 5.32 Å². The number of carbonyl (C=O) groups excluding carboxylic acids is 1. The van der Waals surface area contributed by atoms with Crippen LogP contribution in [0.2, 0.25) is 0 Å². The number of nitrogens with one attached hydrogen (secondary N) is 1. The van der Waals surface area contributed by atoms with Gasteiger partial charge in [-0.3, -0.25) is 4.79 Å². The number of hydrogen-bond acceptors (Lipinski definition) is 2. The van der Waals surface area contributed by atoms with E-state index in [1.54, 1.807) is 12.1 Å². The van der Waals surface area contributed by atoms with Crippen molar-refractivity contribution >= 4 is 5.78 Å². The molecule has 1 aromatic rings. The van der Waals surface area contributed by atoms with E-state index in [1.165, 1.54) is 6.07 Å². The SMILES string of the molecule is CCNCC(C)C(=O)c1cc(C)ccc1F. The number of ketones is 1. The second-order valence-corrected chi connectivity index (χ2v) is 4.06. The zero-order chi connectivity index (χ0) is 12.1. The van der Waals surface area contributed by atoms with E-state index in [-0.39, 0.29) is 17.3 Å². The Labute approximate surface area is 95.9 Å². The second kappa shape index (κ2) is 5.75. The van der Waals surface area contributed by atoms with Crippen molar-refractivity contribution in [3.05, 3.63) is 35.1 Å². The van der Waals surface area contributed by atoms with E-state index >= 15 is 0 Å². The quantitative estimate of drug-likeness (QED) is 0.777. The maximum atomic E-state index is 13.5. The fourth-order valence-corrected chi connectivity index (χ4v) is 1.55. The van der Waals surface area contributed by atoms with Gasteiger partial charge in [0.25, 0.3) is 0 Å². The number of halogens is 1. The molecule has 0 aromatic heterocycles. The molecule has 1 aromatic carbocycles. The van der Waals surface area contributed by atoms with Crippen molar-refractivity contribution in [3.8, 4) is 0 Å². The molecule has 0 fully saturated rings. The van der Waals surface area contributed by atoms with Gasteiger partial charge in [-0.1, -0.05) is 25.5 Å². The van der Waals surface area contributed by atoms with Crippen LogP contribution in [0.3, 0.4) is 0 Å². The first kappa shape index (κ1) is 12.8. The van der Waals surface area contributed by atoms with Crippen LogP contribution in [0.5, 0.6) is 0 Å². The molecule has 1 N–H and O–H groups in total. The van der Waals surface area contributed by atoms with Crippen LogP contribution in [0.4, 0.5) is 4.39 Å². The van der Waals surface area contributed by atoms with Gasteiger partial charge in [-0.2, -0.15) is 0 Å². The Kier molecular flexibility index (Phi) is 4.62. The van der Waals surface area contributed by atoms with Gasteiger partial charge < -0.3 is 5.32 Å². The van der Waals surface area contributed by atoms with Crippen LogP contribution in [-0.4, -0.2) is 18.9 Å². The van der Waals surface area contributed by atoms with Gasteiger partial charge in [0.15, 0.2) is 5.78 Å². The third kappa shape index (κ3) is 3.14. The number of benzene rings is 1. The lowest BCUT2D eigenvalue weighted by Gasteiger charge is -2.11. The van der Waals surface area contributed by atoms with Crippen LogP contribution in [0.1, 0.15) is 29.8 Å². The lowest BCUT2D eigenvalue weighted by molar-refractivity contribution is 0.0925. The topological polar surface area (TPSA) is 29.1 Å². The van der Waals surface area contributed by atoms with Gasteiger partial charge >= 0.3 is 0 Å². The molecule has 16 heavy (non-hydrogen) atoms. The minimum absolute atomic E-state index is 0.137. The summed E-state index contributed by atoms with van der Waals surface area (Å²) in [7, 11) is 0. The summed E-state index contributed by atoms with van der Waals surface area (Å²) in [6, 6.07) is 4.63. The predicted molar refractivity (Wildman–Crippen MR) is 63.2 cm³/mol. The van der Waals surface area contributed by atoms with Crippen LogP contribution in [0.15, 0.2) is 18.2 Å². The van der Waals surface area contributed by atoms with E-state index in [2.05, 4.69) is 5.32 Å². The average Bonchev–Trinajstić information content (AvgIpc) is 2.28. The molecule has 0 aliphatic heterocycles. The smallest absolute Gasteiger partial charge is 0.169 e. The molecule has 1 rings (SSSR count). The summed E-state index contributed by atoms with van der Waals surface area (Å²) in [5, 5.41) is 3.09. The number of carbonyl (C=O) groups is 1. The monoisotopic (exact) mass is 223 g/mol. The Hall–Kier alpha value is -1.22. The van der Waals surface area contributed by atoms with Crippen molar-refractivity contribution in [2.24, 2.45) is 5.92 Å². The molecular weight excluding hydrogens is 205 g/mol. The maximum Gasteiger partial charge on any atom is 0.169 e. The number of hydrogen-bond donors (Lipinski definition) is 1. The predicted octanol–water partition coefficient (Wildman–Crippen LogP) is 2.56. The normalized spacial score (nSPS) is 12.5. The molecule has 0 radical (unpaired) electrons. The third-order valence-electron chi connectivity index (χ3n) is 2.54. The second-order valence-electron chi connectivity index (χ2n) is 4.06. The third-order valence-corrected chi connectivity index (χ3v) is 2.54. The summed E-state index contributed by atoms with van der Waals surface area (Å²) in [5.74, 6) is -0.766. The fraction of sp³-hybridized carbons (Fsp3) is 0.462. The highest BCUT2D eigenvalue weighted by Crippen LogP contribution is 2.14. The molecule has 0 saturated heterocycles. The van der Waals surface area contributed by atoms with E-state index in [9.17, 15) is 9.18 Å². The van der Waals surface area contributed by atoms with Gasteiger partial charge in [0, 0.05) is 12.5 Å². The van der Waals surface area contributed by atoms with E-state index in [1.807, 2.05) is 20.8 Å². The molecule has 2 nitrogen and oxygen atoms in total. The van der Waals surface area contributed by atoms with Crippen molar-refractivity contribution in [2.45, 2.75) is 20.8 Å². The molecule has 0 bridgehead atoms. The molecule has 88 valence electrons. The largest absolute Gasteiger partial charge is 0.316 e. The molecule has 0 aliphatic carbocycles.